The summed E-state index contributed by atoms with van der Waals surface area (Å²) in [6.07, 6.45) is 0. The molecule has 1 aromatic carbocycles. The third kappa shape index (κ3) is 1.35. The first kappa shape index (κ1) is 9.92. The van der Waals surface area contributed by atoms with Gasteiger partial charge in [-0.2, -0.15) is 0 Å². The van der Waals surface area contributed by atoms with Crippen LogP contribution in [0, 0.1) is 10.1 Å². The molecule has 0 spiro atoms. The Morgan fingerprint density at radius 1 is 1.53 bits per heavy atom. The molecule has 0 aliphatic rings. The van der Waals surface area contributed by atoms with Gasteiger partial charge in [0, 0.05) is 6.07 Å². The maximum absolute atomic E-state index is 10.6. The van der Waals surface area contributed by atoms with Crippen molar-refractivity contribution in [3.63, 3.8) is 0 Å². The number of hydrogen-bond donors (Lipinski definition) is 0. The fourth-order valence-corrected chi connectivity index (χ4v) is 1.82. The third-order valence-corrected chi connectivity index (χ3v) is 2.95. The van der Waals surface area contributed by atoms with E-state index in [2.05, 4.69) is 0 Å². The van der Waals surface area contributed by atoms with Crippen LogP contribution in [0.3, 0.4) is 0 Å². The van der Waals surface area contributed by atoms with Crippen LogP contribution in [0.5, 0.6) is 0 Å². The highest BCUT2D eigenvalue weighted by Crippen LogP contribution is 2.24. The van der Waals surface area contributed by atoms with E-state index in [4.69, 9.17) is 11.6 Å². The lowest BCUT2D eigenvalue weighted by Gasteiger charge is -1.89. The molecule has 0 unspecified atom stereocenters. The van der Waals surface area contributed by atoms with Gasteiger partial charge in [-0.05, 0) is 6.07 Å². The average molecular weight is 227 g/mol. The quantitative estimate of drug-likeness (QED) is 0.421. The van der Waals surface area contributed by atoms with E-state index in [0.29, 0.717) is 5.15 Å². The van der Waals surface area contributed by atoms with E-state index in [-0.39, 0.29) is 5.69 Å². The van der Waals surface area contributed by atoms with Gasteiger partial charge < -0.3 is 0 Å². The molecule has 2 aromatic rings. The van der Waals surface area contributed by atoms with Crippen molar-refractivity contribution in [2.75, 3.05) is 0 Å². The van der Waals surface area contributed by atoms with Crippen LogP contribution in [0.25, 0.3) is 10.9 Å². The normalized spacial score (nSPS) is 10.9. The Kier molecular flexibility index (Phi) is 2.12. The number of nitrogens with zero attached hydrogens (tertiary/aromatic N) is 3. The van der Waals surface area contributed by atoms with Crippen molar-refractivity contribution in [1.29, 1.82) is 0 Å². The number of benzene rings is 1. The minimum absolute atomic E-state index is 0.0698. The van der Waals surface area contributed by atoms with Crippen LogP contribution in [0.15, 0.2) is 18.2 Å². The number of non-ortho nitro benzene ring substituents is 1. The first-order valence-corrected chi connectivity index (χ1v) is 4.69. The predicted octanol–water partition coefficient (Wildman–Crippen LogP) is 1.56. The van der Waals surface area contributed by atoms with Crippen molar-refractivity contribution in [1.82, 2.24) is 4.68 Å². The molecule has 1 heterocycles. The maximum atomic E-state index is 10.6. The first-order chi connectivity index (χ1) is 7.02. The number of hydrogen-bond acceptors (Lipinski definition) is 2. The minimum atomic E-state index is -0.416. The maximum Gasteiger partial charge on any atom is 0.276 e. The molecular formula is C9H9ClN3O2+. The molecule has 0 amide bonds. The predicted molar refractivity (Wildman–Crippen MR) is 55.8 cm³/mol. The number of nitro groups is 1. The van der Waals surface area contributed by atoms with Crippen molar-refractivity contribution in [2.45, 2.75) is 0 Å². The topological polar surface area (TPSA) is 51.9 Å². The smallest absolute Gasteiger partial charge is 0.258 e. The molecule has 0 N–H and O–H groups in total. The number of aromatic nitrogens is 2. The summed E-state index contributed by atoms with van der Waals surface area (Å²) in [5.74, 6) is 0. The summed E-state index contributed by atoms with van der Waals surface area (Å²) in [4.78, 5) is 10.2. The van der Waals surface area contributed by atoms with Crippen molar-refractivity contribution < 1.29 is 9.61 Å². The largest absolute Gasteiger partial charge is 0.276 e. The summed E-state index contributed by atoms with van der Waals surface area (Å²) in [7, 11) is 3.60. The Labute approximate surface area is 90.6 Å². The van der Waals surface area contributed by atoms with Crippen LogP contribution in [0.4, 0.5) is 5.69 Å². The number of rotatable bonds is 1. The Hall–Kier alpha value is -1.62. The van der Waals surface area contributed by atoms with Gasteiger partial charge in [0.2, 0.25) is 5.52 Å². The third-order valence-electron chi connectivity index (χ3n) is 2.50. The lowest BCUT2D eigenvalue weighted by Crippen LogP contribution is -2.37. The second-order valence-corrected chi connectivity index (χ2v) is 3.65. The zero-order valence-electron chi connectivity index (χ0n) is 8.27. The molecule has 0 aliphatic carbocycles. The fourth-order valence-electron chi connectivity index (χ4n) is 1.54. The second kappa shape index (κ2) is 3.20. The number of aryl methyl sites for hydroxylation is 1. The van der Waals surface area contributed by atoms with Gasteiger partial charge in [0.1, 0.15) is 0 Å². The molecule has 0 saturated carbocycles. The van der Waals surface area contributed by atoms with Crippen molar-refractivity contribution in [3.8, 4) is 0 Å². The monoisotopic (exact) mass is 226 g/mol. The summed E-state index contributed by atoms with van der Waals surface area (Å²) in [5, 5.41) is 12.0. The standard InChI is InChI=1S/C9H9ClN3O2/c1-11-8-5-6(13(14)15)3-4-7(8)9(10)12(11)2/h3-5H,1-2H3/q+1. The van der Waals surface area contributed by atoms with Gasteiger partial charge in [0.05, 0.1) is 23.4 Å². The van der Waals surface area contributed by atoms with Crippen molar-refractivity contribution >= 4 is 28.2 Å². The molecular weight excluding hydrogens is 218 g/mol. The molecule has 0 radical (unpaired) electrons. The van der Waals surface area contributed by atoms with E-state index in [1.165, 1.54) is 12.1 Å². The molecule has 0 aliphatic heterocycles. The van der Waals surface area contributed by atoms with Gasteiger partial charge in [-0.25, -0.2) is 0 Å². The molecule has 1 aromatic heterocycles. The molecule has 0 bridgehead atoms. The Morgan fingerprint density at radius 2 is 2.20 bits per heavy atom. The molecule has 5 nitrogen and oxygen atoms in total. The first-order valence-electron chi connectivity index (χ1n) is 4.31. The highest BCUT2D eigenvalue weighted by molar-refractivity contribution is 6.34. The van der Waals surface area contributed by atoms with Crippen LogP contribution in [-0.2, 0) is 14.1 Å². The number of fused-ring (bicyclic) bond motifs is 1. The molecule has 0 saturated heterocycles. The number of halogens is 1. The van der Waals surface area contributed by atoms with Crippen LogP contribution in [0.1, 0.15) is 0 Å². The van der Waals surface area contributed by atoms with E-state index in [1.54, 1.807) is 29.5 Å². The fraction of sp³-hybridized carbons (Fsp3) is 0.222. The van der Waals surface area contributed by atoms with Gasteiger partial charge in [0.25, 0.3) is 5.69 Å². The van der Waals surface area contributed by atoms with Crippen molar-refractivity contribution in [2.24, 2.45) is 14.1 Å². The van der Waals surface area contributed by atoms with Crippen LogP contribution >= 0.6 is 11.6 Å². The SMILES string of the molecule is Cn1c(Cl)c2ccc([N+](=O)[O-])cc2[n+]1C. The molecule has 78 valence electrons. The zero-order valence-corrected chi connectivity index (χ0v) is 9.02. The van der Waals surface area contributed by atoms with Gasteiger partial charge in [0.15, 0.2) is 12.2 Å². The Bertz CT molecular complexity index is 562. The van der Waals surface area contributed by atoms with E-state index in [1.807, 2.05) is 0 Å². The van der Waals surface area contributed by atoms with Gasteiger partial charge in [-0.15, -0.1) is 9.36 Å². The van der Waals surface area contributed by atoms with E-state index < -0.39 is 4.92 Å². The Morgan fingerprint density at radius 3 is 2.80 bits per heavy atom. The molecule has 6 heteroatoms. The van der Waals surface area contributed by atoms with E-state index in [0.717, 1.165) is 10.9 Å². The van der Waals surface area contributed by atoms with E-state index >= 15 is 0 Å². The van der Waals surface area contributed by atoms with Gasteiger partial charge in [-0.3, -0.25) is 10.1 Å². The second-order valence-electron chi connectivity index (χ2n) is 3.30. The lowest BCUT2D eigenvalue weighted by atomic mass is 10.2. The van der Waals surface area contributed by atoms with Gasteiger partial charge in [-0.1, -0.05) is 11.6 Å². The van der Waals surface area contributed by atoms with Crippen molar-refractivity contribution in [3.05, 3.63) is 33.5 Å². The summed E-state index contributed by atoms with van der Waals surface area (Å²) in [6.45, 7) is 0. The molecule has 0 atom stereocenters. The highest BCUT2D eigenvalue weighted by atomic mass is 35.5. The van der Waals surface area contributed by atoms with E-state index in [9.17, 15) is 10.1 Å². The Balaban J connectivity index is 2.82. The average Bonchev–Trinajstić information content (AvgIpc) is 2.44. The molecule has 15 heavy (non-hydrogen) atoms. The zero-order chi connectivity index (χ0) is 11.2. The summed E-state index contributed by atoms with van der Waals surface area (Å²) < 4.78 is 3.50. The van der Waals surface area contributed by atoms with Gasteiger partial charge >= 0.3 is 0 Å². The number of nitro benzene ring substituents is 1. The molecule has 0 fully saturated rings. The summed E-state index contributed by atoms with van der Waals surface area (Å²) >= 11 is 6.05. The summed E-state index contributed by atoms with van der Waals surface area (Å²) in [5.41, 5.74) is 0.817. The lowest BCUT2D eigenvalue weighted by molar-refractivity contribution is -0.727. The summed E-state index contributed by atoms with van der Waals surface area (Å²) in [6, 6.07) is 4.63. The van der Waals surface area contributed by atoms with Crippen LogP contribution in [0.2, 0.25) is 5.15 Å². The van der Waals surface area contributed by atoms with Crippen LogP contribution < -0.4 is 4.68 Å². The minimum Gasteiger partial charge on any atom is -0.258 e. The molecule has 2 rings (SSSR count). The van der Waals surface area contributed by atoms with Crippen LogP contribution in [-0.4, -0.2) is 9.61 Å². The highest BCUT2D eigenvalue weighted by Gasteiger charge is 2.20.